The molecule has 6 nitrogen and oxygen atoms in total. The van der Waals surface area contributed by atoms with Crippen molar-refractivity contribution in [3.05, 3.63) is 33.7 Å². The van der Waals surface area contributed by atoms with Crippen LogP contribution in [0.15, 0.2) is 23.1 Å². The van der Waals surface area contributed by atoms with E-state index >= 15 is 0 Å². The number of carbonyl (C=O) groups is 3. The van der Waals surface area contributed by atoms with Crippen molar-refractivity contribution in [3.8, 4) is 5.75 Å². The molecule has 0 aromatic heterocycles. The van der Waals surface area contributed by atoms with E-state index in [0.29, 0.717) is 5.56 Å². The summed E-state index contributed by atoms with van der Waals surface area (Å²) in [4.78, 5) is 36.7. The summed E-state index contributed by atoms with van der Waals surface area (Å²) in [5, 5.41) is 8.96. The Hall–Kier alpha value is -1.99. The van der Waals surface area contributed by atoms with E-state index in [4.69, 9.17) is 11.6 Å². The third-order valence-electron chi connectivity index (χ3n) is 3.02. The van der Waals surface area contributed by atoms with Gasteiger partial charge in [0.25, 0.3) is 11.1 Å². The van der Waals surface area contributed by atoms with Gasteiger partial charge >= 0.3 is 5.97 Å². The van der Waals surface area contributed by atoms with E-state index in [1.165, 1.54) is 32.2 Å². The van der Waals surface area contributed by atoms with Crippen LogP contribution in [0.1, 0.15) is 12.5 Å². The normalized spacial score (nSPS) is 18.0. The molecule has 1 heterocycles. The average molecular weight is 342 g/mol. The van der Waals surface area contributed by atoms with Crippen LogP contribution in [0, 0.1) is 0 Å². The lowest BCUT2D eigenvalue weighted by Gasteiger charge is -2.18. The number of amides is 2. The fraction of sp³-hybridized carbons (Fsp3) is 0.214. The first kappa shape index (κ1) is 16.4. The molecule has 1 aromatic carbocycles. The molecule has 0 aliphatic carbocycles. The molecule has 2 amide bonds. The zero-order valence-corrected chi connectivity index (χ0v) is 13.3. The quantitative estimate of drug-likeness (QED) is 0.672. The lowest BCUT2D eigenvalue weighted by Crippen LogP contribution is -2.42. The van der Waals surface area contributed by atoms with Crippen molar-refractivity contribution in [1.82, 2.24) is 4.90 Å². The third-order valence-corrected chi connectivity index (χ3v) is 4.21. The highest BCUT2D eigenvalue weighted by atomic mass is 35.5. The molecule has 0 spiro atoms. The molecule has 1 aliphatic rings. The van der Waals surface area contributed by atoms with Crippen molar-refractivity contribution >= 4 is 46.6 Å². The van der Waals surface area contributed by atoms with Gasteiger partial charge in [-0.3, -0.25) is 14.5 Å². The van der Waals surface area contributed by atoms with E-state index in [1.54, 1.807) is 6.07 Å². The number of nitrogens with zero attached hydrogens (tertiary/aromatic N) is 1. The zero-order valence-electron chi connectivity index (χ0n) is 11.7. The van der Waals surface area contributed by atoms with Gasteiger partial charge in [0.05, 0.1) is 17.0 Å². The van der Waals surface area contributed by atoms with E-state index in [9.17, 15) is 19.5 Å². The number of methoxy groups -OCH3 is 1. The summed E-state index contributed by atoms with van der Waals surface area (Å²) in [6.45, 7) is 1.42. The first-order chi connectivity index (χ1) is 10.3. The van der Waals surface area contributed by atoms with Crippen LogP contribution < -0.4 is 0 Å². The van der Waals surface area contributed by atoms with E-state index < -0.39 is 23.2 Å². The van der Waals surface area contributed by atoms with Gasteiger partial charge in [-0.25, -0.2) is 4.79 Å². The van der Waals surface area contributed by atoms with Gasteiger partial charge in [-0.15, -0.1) is 0 Å². The number of hydrogen-bond donors (Lipinski definition) is 1. The number of rotatable bonds is 3. The topological polar surface area (TPSA) is 83.9 Å². The second-order valence-electron chi connectivity index (χ2n) is 4.46. The highest BCUT2D eigenvalue weighted by Crippen LogP contribution is 2.34. The Morgan fingerprint density at radius 2 is 2.14 bits per heavy atom. The van der Waals surface area contributed by atoms with Gasteiger partial charge in [0, 0.05) is 0 Å². The number of carbonyl (C=O) groups excluding carboxylic acids is 3. The summed E-state index contributed by atoms with van der Waals surface area (Å²) in [5.74, 6) is -1.32. The van der Waals surface area contributed by atoms with E-state index in [-0.39, 0.29) is 15.7 Å². The number of phenols is 1. The van der Waals surface area contributed by atoms with Crippen LogP contribution in [0.4, 0.5) is 4.79 Å². The Balaban J connectivity index is 2.29. The zero-order chi connectivity index (χ0) is 16.4. The van der Waals surface area contributed by atoms with Crippen LogP contribution in [-0.2, 0) is 14.3 Å². The monoisotopic (exact) mass is 341 g/mol. The number of phenolic OH excluding ortho intramolecular Hbond substituents is 1. The predicted octanol–water partition coefficient (Wildman–Crippen LogP) is 2.64. The Bertz CT molecular complexity index is 688. The minimum Gasteiger partial charge on any atom is -0.506 e. The van der Waals surface area contributed by atoms with Crippen molar-refractivity contribution in [2.75, 3.05) is 7.11 Å². The average Bonchev–Trinajstić information content (AvgIpc) is 2.75. The van der Waals surface area contributed by atoms with Crippen LogP contribution in [0.3, 0.4) is 0 Å². The number of aromatic hydroxyl groups is 1. The summed E-state index contributed by atoms with van der Waals surface area (Å²) in [6, 6.07) is 3.41. The van der Waals surface area contributed by atoms with Gasteiger partial charge in [-0.1, -0.05) is 17.7 Å². The van der Waals surface area contributed by atoms with Gasteiger partial charge in [-0.05, 0) is 42.5 Å². The number of ether oxygens (including phenoxy) is 1. The van der Waals surface area contributed by atoms with Crippen molar-refractivity contribution in [1.29, 1.82) is 0 Å². The largest absolute Gasteiger partial charge is 0.506 e. The molecule has 22 heavy (non-hydrogen) atoms. The molecule has 0 saturated carbocycles. The Morgan fingerprint density at radius 1 is 1.45 bits per heavy atom. The molecule has 1 saturated heterocycles. The second kappa shape index (κ2) is 6.41. The number of thioether (sulfide) groups is 1. The van der Waals surface area contributed by atoms with Gasteiger partial charge < -0.3 is 9.84 Å². The Morgan fingerprint density at radius 3 is 2.73 bits per heavy atom. The highest BCUT2D eigenvalue weighted by molar-refractivity contribution is 8.18. The van der Waals surface area contributed by atoms with Crippen LogP contribution >= 0.6 is 23.4 Å². The Labute approximate surface area is 135 Å². The summed E-state index contributed by atoms with van der Waals surface area (Å²) in [5.41, 5.74) is 0.555. The molecule has 1 aliphatic heterocycles. The number of benzene rings is 1. The molecule has 1 N–H and O–H groups in total. The van der Waals surface area contributed by atoms with Gasteiger partial charge in [0.2, 0.25) is 0 Å². The molecule has 116 valence electrons. The first-order valence-electron chi connectivity index (χ1n) is 6.18. The van der Waals surface area contributed by atoms with E-state index in [0.717, 1.165) is 16.7 Å². The maximum absolute atomic E-state index is 12.3. The molecular weight excluding hydrogens is 330 g/mol. The fourth-order valence-corrected chi connectivity index (χ4v) is 2.95. The van der Waals surface area contributed by atoms with Crippen LogP contribution in [0.5, 0.6) is 5.75 Å². The third kappa shape index (κ3) is 3.10. The minimum atomic E-state index is -0.994. The molecule has 0 bridgehead atoms. The maximum atomic E-state index is 12.3. The fourth-order valence-electron chi connectivity index (χ4n) is 1.85. The maximum Gasteiger partial charge on any atom is 0.328 e. The SMILES string of the molecule is COC(=O)[C@@H](C)N1C(=O)S/C(=C/c2ccc(O)c(Cl)c2)C1=O. The van der Waals surface area contributed by atoms with Crippen molar-refractivity contribution in [2.24, 2.45) is 0 Å². The molecule has 0 radical (unpaired) electrons. The molecule has 1 aromatic rings. The molecule has 0 unspecified atom stereocenters. The first-order valence-corrected chi connectivity index (χ1v) is 7.38. The summed E-state index contributed by atoms with van der Waals surface area (Å²) < 4.78 is 4.54. The van der Waals surface area contributed by atoms with Gasteiger partial charge in [0.15, 0.2) is 0 Å². The van der Waals surface area contributed by atoms with Crippen LogP contribution in [0.2, 0.25) is 5.02 Å². The van der Waals surface area contributed by atoms with Crippen molar-refractivity contribution in [3.63, 3.8) is 0 Å². The number of esters is 1. The standard InChI is InChI=1S/C14H12ClNO5S/c1-7(13(19)21-2)16-12(18)11(22-14(16)20)6-8-3-4-10(17)9(15)5-8/h3-7,17H,1-2H3/b11-6+/t7-/m1/s1. The molecule has 2 rings (SSSR count). The van der Waals surface area contributed by atoms with Crippen molar-refractivity contribution < 1.29 is 24.2 Å². The van der Waals surface area contributed by atoms with Crippen LogP contribution in [0.25, 0.3) is 6.08 Å². The van der Waals surface area contributed by atoms with Gasteiger partial charge in [-0.2, -0.15) is 0 Å². The molecule has 8 heteroatoms. The van der Waals surface area contributed by atoms with E-state index in [1.807, 2.05) is 0 Å². The summed E-state index contributed by atoms with van der Waals surface area (Å²) >= 11 is 6.52. The smallest absolute Gasteiger partial charge is 0.328 e. The number of halogens is 1. The minimum absolute atomic E-state index is 0.0776. The Kier molecular flexibility index (Phi) is 4.77. The molecule has 1 fully saturated rings. The highest BCUT2D eigenvalue weighted by Gasteiger charge is 2.41. The number of imide groups is 1. The van der Waals surface area contributed by atoms with Crippen molar-refractivity contribution in [2.45, 2.75) is 13.0 Å². The summed E-state index contributed by atoms with van der Waals surface area (Å²) in [7, 11) is 1.19. The lowest BCUT2D eigenvalue weighted by atomic mass is 10.2. The second-order valence-corrected chi connectivity index (χ2v) is 5.86. The summed E-state index contributed by atoms with van der Waals surface area (Å²) in [6.07, 6.45) is 1.47. The van der Waals surface area contributed by atoms with Gasteiger partial charge in [0.1, 0.15) is 11.8 Å². The molecule has 1 atom stereocenters. The lowest BCUT2D eigenvalue weighted by molar-refractivity contribution is -0.148. The van der Waals surface area contributed by atoms with Crippen LogP contribution in [-0.4, -0.2) is 40.3 Å². The predicted molar refractivity (Wildman–Crippen MR) is 82.4 cm³/mol. The number of hydrogen-bond acceptors (Lipinski definition) is 6. The molecular formula is C14H12ClNO5S. The van der Waals surface area contributed by atoms with E-state index in [2.05, 4.69) is 4.74 Å².